The summed E-state index contributed by atoms with van der Waals surface area (Å²) in [5.41, 5.74) is 2.76. The fourth-order valence-electron chi connectivity index (χ4n) is 2.81. The number of hydrogen-bond acceptors (Lipinski definition) is 5. The number of pyridine rings is 1. The Morgan fingerprint density at radius 3 is 2.78 bits per heavy atom. The van der Waals surface area contributed by atoms with Crippen molar-refractivity contribution in [2.75, 3.05) is 10.6 Å². The maximum atomic E-state index is 12.5. The monoisotopic (exact) mass is 378 g/mol. The summed E-state index contributed by atoms with van der Waals surface area (Å²) in [5, 5.41) is 8.08. The molecule has 4 rings (SSSR count). The number of benzene rings is 1. The van der Waals surface area contributed by atoms with Crippen LogP contribution >= 0.6 is 11.3 Å². The summed E-state index contributed by atoms with van der Waals surface area (Å²) in [4.78, 5) is 33.1. The predicted molar refractivity (Wildman–Crippen MR) is 106 cm³/mol. The van der Waals surface area contributed by atoms with Gasteiger partial charge < -0.3 is 5.32 Å². The van der Waals surface area contributed by atoms with Crippen molar-refractivity contribution in [3.63, 3.8) is 0 Å². The number of anilines is 2. The molecule has 1 fully saturated rings. The largest absolute Gasteiger partial charge is 0.326 e. The minimum absolute atomic E-state index is 0.0149. The van der Waals surface area contributed by atoms with Crippen molar-refractivity contribution in [1.29, 1.82) is 0 Å². The quantitative estimate of drug-likeness (QED) is 0.701. The Morgan fingerprint density at radius 1 is 1.19 bits per heavy atom. The second kappa shape index (κ2) is 7.28. The van der Waals surface area contributed by atoms with Crippen LogP contribution in [0.5, 0.6) is 0 Å². The van der Waals surface area contributed by atoms with E-state index in [2.05, 4.69) is 27.5 Å². The van der Waals surface area contributed by atoms with Crippen LogP contribution in [0.15, 0.2) is 54.2 Å². The van der Waals surface area contributed by atoms with Crippen LogP contribution in [0.4, 0.5) is 10.8 Å². The van der Waals surface area contributed by atoms with Crippen LogP contribution in [0.1, 0.15) is 23.7 Å². The lowest BCUT2D eigenvalue weighted by Crippen LogP contribution is -2.16. The zero-order chi connectivity index (χ0) is 18.8. The van der Waals surface area contributed by atoms with Gasteiger partial charge in [-0.15, -0.1) is 11.3 Å². The summed E-state index contributed by atoms with van der Waals surface area (Å²) in [7, 11) is 0. The standard InChI is InChI=1S/C20H18N4O2S/c1-12-8-16(12)19(26)22-15-6-2-4-13(9-15)18(25)24-20-23-17(11-27-20)14-5-3-7-21-10-14/h2-7,9-12,16H,8H2,1H3,(H,22,26)(H,23,24,25). The van der Waals surface area contributed by atoms with Crippen LogP contribution in [0.25, 0.3) is 11.3 Å². The number of thiazole rings is 1. The number of rotatable bonds is 5. The van der Waals surface area contributed by atoms with Crippen LogP contribution < -0.4 is 10.6 Å². The smallest absolute Gasteiger partial charge is 0.257 e. The molecule has 0 saturated heterocycles. The molecule has 0 bridgehead atoms. The second-order valence-corrected chi connectivity index (χ2v) is 7.48. The summed E-state index contributed by atoms with van der Waals surface area (Å²) in [5.74, 6) is 0.276. The number of nitrogens with one attached hydrogen (secondary N) is 2. The van der Waals surface area contributed by atoms with Gasteiger partial charge >= 0.3 is 0 Å². The van der Waals surface area contributed by atoms with Gasteiger partial charge in [0.1, 0.15) is 0 Å². The van der Waals surface area contributed by atoms with Crippen LogP contribution in [-0.4, -0.2) is 21.8 Å². The first-order valence-electron chi connectivity index (χ1n) is 8.68. The van der Waals surface area contributed by atoms with Crippen molar-refractivity contribution in [3.8, 4) is 11.3 Å². The minimum atomic E-state index is -0.266. The Labute approximate surface area is 160 Å². The van der Waals surface area contributed by atoms with E-state index >= 15 is 0 Å². The Kier molecular flexibility index (Phi) is 4.68. The molecule has 27 heavy (non-hydrogen) atoms. The van der Waals surface area contributed by atoms with Crippen molar-refractivity contribution in [1.82, 2.24) is 9.97 Å². The van der Waals surface area contributed by atoms with E-state index in [0.29, 0.717) is 22.3 Å². The molecule has 2 N–H and O–H groups in total. The van der Waals surface area contributed by atoms with E-state index < -0.39 is 0 Å². The summed E-state index contributed by atoms with van der Waals surface area (Å²) in [6.07, 6.45) is 4.36. The minimum Gasteiger partial charge on any atom is -0.326 e. The maximum Gasteiger partial charge on any atom is 0.257 e. The second-order valence-electron chi connectivity index (χ2n) is 6.62. The van der Waals surface area contributed by atoms with Gasteiger partial charge in [-0.3, -0.25) is 19.9 Å². The van der Waals surface area contributed by atoms with Gasteiger partial charge in [-0.05, 0) is 42.7 Å². The Hall–Kier alpha value is -3.06. The predicted octanol–water partition coefficient (Wildman–Crippen LogP) is 4.05. The molecule has 1 saturated carbocycles. The van der Waals surface area contributed by atoms with Gasteiger partial charge in [0, 0.05) is 40.5 Å². The zero-order valence-electron chi connectivity index (χ0n) is 14.7. The molecule has 2 heterocycles. The molecule has 1 aromatic carbocycles. The fourth-order valence-corrected chi connectivity index (χ4v) is 3.52. The molecular formula is C20H18N4O2S. The van der Waals surface area contributed by atoms with Gasteiger partial charge in [0.25, 0.3) is 5.91 Å². The summed E-state index contributed by atoms with van der Waals surface area (Å²) < 4.78 is 0. The third-order valence-electron chi connectivity index (χ3n) is 4.52. The first-order chi connectivity index (χ1) is 13.1. The van der Waals surface area contributed by atoms with Gasteiger partial charge in [-0.25, -0.2) is 4.98 Å². The summed E-state index contributed by atoms with van der Waals surface area (Å²) in [6.45, 7) is 2.06. The molecule has 136 valence electrons. The molecular weight excluding hydrogens is 360 g/mol. The number of carbonyl (C=O) groups excluding carboxylic acids is 2. The molecule has 2 amide bonds. The number of hydrogen-bond donors (Lipinski definition) is 2. The number of nitrogens with zero attached hydrogens (tertiary/aromatic N) is 2. The average Bonchev–Trinajstić information content (AvgIpc) is 3.24. The molecule has 7 heteroatoms. The Balaban J connectivity index is 1.43. The van der Waals surface area contributed by atoms with Gasteiger partial charge in [-0.1, -0.05) is 13.0 Å². The molecule has 0 radical (unpaired) electrons. The zero-order valence-corrected chi connectivity index (χ0v) is 15.5. The highest BCUT2D eigenvalue weighted by Gasteiger charge is 2.39. The van der Waals surface area contributed by atoms with Crippen molar-refractivity contribution >= 4 is 34.0 Å². The maximum absolute atomic E-state index is 12.5. The van der Waals surface area contributed by atoms with E-state index in [9.17, 15) is 9.59 Å². The number of amides is 2. The molecule has 2 aromatic heterocycles. The van der Waals surface area contributed by atoms with Crippen molar-refractivity contribution in [2.24, 2.45) is 11.8 Å². The fraction of sp³-hybridized carbons (Fsp3) is 0.200. The lowest BCUT2D eigenvalue weighted by atomic mass is 10.2. The van der Waals surface area contributed by atoms with Crippen molar-refractivity contribution < 1.29 is 9.59 Å². The van der Waals surface area contributed by atoms with Crippen LogP contribution in [0, 0.1) is 11.8 Å². The van der Waals surface area contributed by atoms with Crippen molar-refractivity contribution in [2.45, 2.75) is 13.3 Å². The van der Waals surface area contributed by atoms with E-state index in [-0.39, 0.29) is 17.7 Å². The van der Waals surface area contributed by atoms with Crippen LogP contribution in [0.2, 0.25) is 0 Å². The molecule has 6 nitrogen and oxygen atoms in total. The Bertz CT molecular complexity index is 986. The molecule has 0 aliphatic heterocycles. The van der Waals surface area contributed by atoms with Crippen LogP contribution in [-0.2, 0) is 4.79 Å². The van der Waals surface area contributed by atoms with Gasteiger partial charge in [0.05, 0.1) is 5.69 Å². The topological polar surface area (TPSA) is 84.0 Å². The molecule has 1 aliphatic carbocycles. The lowest BCUT2D eigenvalue weighted by Gasteiger charge is -2.07. The third kappa shape index (κ3) is 4.03. The number of carbonyl (C=O) groups is 2. The summed E-state index contributed by atoms with van der Waals surface area (Å²) in [6, 6.07) is 10.7. The van der Waals surface area contributed by atoms with Crippen molar-refractivity contribution in [3.05, 3.63) is 59.7 Å². The van der Waals surface area contributed by atoms with Gasteiger partial charge in [-0.2, -0.15) is 0 Å². The first-order valence-corrected chi connectivity index (χ1v) is 9.56. The summed E-state index contributed by atoms with van der Waals surface area (Å²) >= 11 is 1.35. The van der Waals surface area contributed by atoms with E-state index in [4.69, 9.17) is 0 Å². The molecule has 3 aromatic rings. The molecule has 2 unspecified atom stereocenters. The van der Waals surface area contributed by atoms with E-state index in [1.165, 1.54) is 11.3 Å². The first kappa shape index (κ1) is 17.4. The Morgan fingerprint density at radius 2 is 2.04 bits per heavy atom. The van der Waals surface area contributed by atoms with E-state index in [1.807, 2.05) is 17.5 Å². The van der Waals surface area contributed by atoms with E-state index in [1.54, 1.807) is 36.7 Å². The number of aromatic nitrogens is 2. The molecule has 1 aliphatic rings. The highest BCUT2D eigenvalue weighted by atomic mass is 32.1. The lowest BCUT2D eigenvalue weighted by molar-refractivity contribution is -0.117. The van der Waals surface area contributed by atoms with Gasteiger partial charge in [0.15, 0.2) is 5.13 Å². The third-order valence-corrected chi connectivity index (χ3v) is 5.28. The van der Waals surface area contributed by atoms with Crippen LogP contribution in [0.3, 0.4) is 0 Å². The molecule has 2 atom stereocenters. The van der Waals surface area contributed by atoms with E-state index in [0.717, 1.165) is 17.7 Å². The highest BCUT2D eigenvalue weighted by molar-refractivity contribution is 7.14. The highest BCUT2D eigenvalue weighted by Crippen LogP contribution is 2.38. The average molecular weight is 378 g/mol. The molecule has 0 spiro atoms. The van der Waals surface area contributed by atoms with Gasteiger partial charge in [0.2, 0.25) is 5.91 Å². The SMILES string of the molecule is CC1CC1C(=O)Nc1cccc(C(=O)Nc2nc(-c3cccnc3)cs2)c1. The normalized spacial score (nSPS) is 18.0.